The summed E-state index contributed by atoms with van der Waals surface area (Å²) in [4.78, 5) is 0. The van der Waals surface area contributed by atoms with E-state index in [1.165, 1.54) is 18.2 Å². The Morgan fingerprint density at radius 3 is 2.72 bits per heavy atom. The van der Waals surface area contributed by atoms with E-state index in [4.69, 9.17) is 0 Å². The van der Waals surface area contributed by atoms with Gasteiger partial charge in [0, 0.05) is 17.5 Å². The van der Waals surface area contributed by atoms with Crippen LogP contribution in [0.25, 0.3) is 10.9 Å². The molecule has 0 unspecified atom stereocenters. The van der Waals surface area contributed by atoms with Gasteiger partial charge in [-0.05, 0) is 29.8 Å². The Hall–Kier alpha value is -2.23. The first kappa shape index (κ1) is 10.9. The lowest BCUT2D eigenvalue weighted by molar-refractivity contribution is 0.613. The molecule has 0 aliphatic rings. The zero-order valence-electron chi connectivity index (χ0n) is 9.45. The van der Waals surface area contributed by atoms with Crippen molar-refractivity contribution in [3.8, 4) is 0 Å². The van der Waals surface area contributed by atoms with Gasteiger partial charge in [0.05, 0.1) is 5.52 Å². The van der Waals surface area contributed by atoms with Crippen molar-refractivity contribution in [3.63, 3.8) is 0 Å². The van der Waals surface area contributed by atoms with Crippen molar-refractivity contribution in [2.24, 2.45) is 0 Å². The van der Waals surface area contributed by atoms with Crippen LogP contribution < -0.4 is 0 Å². The lowest BCUT2D eigenvalue weighted by atomic mass is 10.1. The maximum Gasteiger partial charge on any atom is 0.126 e. The fourth-order valence-electron chi connectivity index (χ4n) is 2.00. The van der Waals surface area contributed by atoms with Gasteiger partial charge in [-0.25, -0.2) is 8.78 Å². The van der Waals surface area contributed by atoms with E-state index in [-0.39, 0.29) is 11.6 Å². The highest BCUT2D eigenvalue weighted by Crippen LogP contribution is 2.20. The van der Waals surface area contributed by atoms with E-state index >= 15 is 0 Å². The highest BCUT2D eigenvalue weighted by molar-refractivity contribution is 5.81. The molecule has 2 nitrogen and oxygen atoms in total. The molecule has 3 aromatic rings. The Kier molecular flexibility index (Phi) is 2.55. The van der Waals surface area contributed by atoms with Gasteiger partial charge < -0.3 is 0 Å². The topological polar surface area (TPSA) is 28.7 Å². The molecular formula is C14H10F2N2. The minimum absolute atomic E-state index is 0.267. The Labute approximate surface area is 102 Å². The number of nitrogens with zero attached hydrogens (tertiary/aromatic N) is 1. The molecule has 0 saturated carbocycles. The summed E-state index contributed by atoms with van der Waals surface area (Å²) >= 11 is 0. The minimum atomic E-state index is -0.321. The molecule has 90 valence electrons. The van der Waals surface area contributed by atoms with E-state index in [1.54, 1.807) is 24.3 Å². The number of aromatic amines is 1. The van der Waals surface area contributed by atoms with E-state index in [0.717, 1.165) is 5.69 Å². The molecule has 1 heterocycles. The van der Waals surface area contributed by atoms with Crippen molar-refractivity contribution in [3.05, 3.63) is 65.4 Å². The van der Waals surface area contributed by atoms with Gasteiger partial charge >= 0.3 is 0 Å². The van der Waals surface area contributed by atoms with Crippen LogP contribution in [0.1, 0.15) is 11.3 Å². The molecule has 0 fully saturated rings. The highest BCUT2D eigenvalue weighted by atomic mass is 19.1. The third-order valence-electron chi connectivity index (χ3n) is 2.92. The summed E-state index contributed by atoms with van der Waals surface area (Å²) in [6.45, 7) is 0. The van der Waals surface area contributed by atoms with E-state index in [9.17, 15) is 8.78 Å². The van der Waals surface area contributed by atoms with Crippen molar-refractivity contribution < 1.29 is 8.78 Å². The number of benzene rings is 2. The highest BCUT2D eigenvalue weighted by Gasteiger charge is 2.09. The van der Waals surface area contributed by atoms with Gasteiger partial charge in [-0.3, -0.25) is 5.10 Å². The van der Waals surface area contributed by atoms with Crippen LogP contribution in [0.4, 0.5) is 8.78 Å². The van der Waals surface area contributed by atoms with Crippen LogP contribution in [-0.2, 0) is 6.42 Å². The Bertz CT molecular complexity index is 704. The van der Waals surface area contributed by atoms with E-state index in [0.29, 0.717) is 22.9 Å². The number of rotatable bonds is 2. The maximum absolute atomic E-state index is 13.6. The number of aromatic nitrogens is 2. The number of fused-ring (bicyclic) bond motifs is 1. The number of hydrogen-bond donors (Lipinski definition) is 1. The minimum Gasteiger partial charge on any atom is -0.281 e. The lowest BCUT2D eigenvalue weighted by Gasteiger charge is -2.01. The molecule has 0 radical (unpaired) electrons. The molecule has 0 aliphatic heterocycles. The van der Waals surface area contributed by atoms with E-state index in [1.807, 2.05) is 0 Å². The van der Waals surface area contributed by atoms with Crippen molar-refractivity contribution in [1.29, 1.82) is 0 Å². The molecule has 4 heteroatoms. The van der Waals surface area contributed by atoms with Crippen LogP contribution in [0.5, 0.6) is 0 Å². The van der Waals surface area contributed by atoms with Gasteiger partial charge in [0.2, 0.25) is 0 Å². The van der Waals surface area contributed by atoms with Crippen LogP contribution in [0.2, 0.25) is 0 Å². The van der Waals surface area contributed by atoms with Crippen molar-refractivity contribution in [2.45, 2.75) is 6.42 Å². The average molecular weight is 244 g/mol. The zero-order chi connectivity index (χ0) is 12.5. The van der Waals surface area contributed by atoms with Gasteiger partial charge in [-0.15, -0.1) is 0 Å². The molecule has 3 rings (SSSR count). The quantitative estimate of drug-likeness (QED) is 0.735. The Morgan fingerprint density at radius 2 is 1.89 bits per heavy atom. The molecule has 0 bridgehead atoms. The normalized spacial score (nSPS) is 11.0. The molecule has 0 spiro atoms. The first-order valence-corrected chi connectivity index (χ1v) is 5.60. The molecular weight excluding hydrogens is 234 g/mol. The van der Waals surface area contributed by atoms with E-state index < -0.39 is 0 Å². The monoisotopic (exact) mass is 244 g/mol. The summed E-state index contributed by atoms with van der Waals surface area (Å²) < 4.78 is 26.7. The van der Waals surface area contributed by atoms with Gasteiger partial charge in [-0.2, -0.15) is 5.10 Å². The van der Waals surface area contributed by atoms with Crippen LogP contribution in [0, 0.1) is 11.6 Å². The fourth-order valence-corrected chi connectivity index (χ4v) is 2.00. The standard InChI is InChI=1S/C14H10F2N2/c15-10-5-6-13-11(8-10)14(18-17-13)7-9-3-1-2-4-12(9)16/h1-6,8H,7H2,(H,17,18). The van der Waals surface area contributed by atoms with Crippen molar-refractivity contribution in [2.75, 3.05) is 0 Å². The van der Waals surface area contributed by atoms with Gasteiger partial charge in [0.1, 0.15) is 11.6 Å². The predicted octanol–water partition coefficient (Wildman–Crippen LogP) is 3.43. The molecule has 1 N–H and O–H groups in total. The zero-order valence-corrected chi connectivity index (χ0v) is 9.45. The molecule has 0 amide bonds. The summed E-state index contributed by atoms with van der Waals surface area (Å²) in [6, 6.07) is 10.9. The summed E-state index contributed by atoms with van der Waals surface area (Å²) in [5, 5.41) is 7.60. The molecule has 0 saturated heterocycles. The Morgan fingerprint density at radius 1 is 1.06 bits per heavy atom. The number of hydrogen-bond acceptors (Lipinski definition) is 1. The van der Waals surface area contributed by atoms with Gasteiger partial charge in [-0.1, -0.05) is 18.2 Å². The first-order valence-electron chi connectivity index (χ1n) is 5.60. The SMILES string of the molecule is Fc1ccc2n[nH]c(Cc3ccccc3F)c2c1. The Balaban J connectivity index is 2.05. The van der Waals surface area contributed by atoms with Crippen LogP contribution in [-0.4, -0.2) is 10.2 Å². The largest absolute Gasteiger partial charge is 0.281 e. The molecule has 1 aromatic heterocycles. The van der Waals surface area contributed by atoms with Gasteiger partial charge in [0.25, 0.3) is 0 Å². The number of halogens is 2. The second-order valence-electron chi connectivity index (χ2n) is 4.13. The number of nitrogens with one attached hydrogen (secondary N) is 1. The van der Waals surface area contributed by atoms with Crippen molar-refractivity contribution >= 4 is 10.9 Å². The molecule has 2 aromatic carbocycles. The third-order valence-corrected chi connectivity index (χ3v) is 2.92. The third kappa shape index (κ3) is 1.86. The second-order valence-corrected chi connectivity index (χ2v) is 4.13. The van der Waals surface area contributed by atoms with Crippen LogP contribution in [0.3, 0.4) is 0 Å². The lowest BCUT2D eigenvalue weighted by Crippen LogP contribution is -1.93. The summed E-state index contributed by atoms with van der Waals surface area (Å²) in [5.41, 5.74) is 1.96. The number of H-pyrrole nitrogens is 1. The fraction of sp³-hybridized carbons (Fsp3) is 0.0714. The maximum atomic E-state index is 13.6. The van der Waals surface area contributed by atoms with Crippen LogP contribution in [0.15, 0.2) is 42.5 Å². The van der Waals surface area contributed by atoms with Gasteiger partial charge in [0.15, 0.2) is 0 Å². The van der Waals surface area contributed by atoms with Crippen molar-refractivity contribution in [1.82, 2.24) is 10.2 Å². The smallest absolute Gasteiger partial charge is 0.126 e. The predicted molar refractivity (Wildman–Crippen MR) is 65.3 cm³/mol. The first-order chi connectivity index (χ1) is 8.74. The molecule has 18 heavy (non-hydrogen) atoms. The summed E-state index contributed by atoms with van der Waals surface area (Å²) in [5.74, 6) is -0.588. The van der Waals surface area contributed by atoms with Crippen LogP contribution >= 0.6 is 0 Å². The summed E-state index contributed by atoms with van der Waals surface area (Å²) in [7, 11) is 0. The average Bonchev–Trinajstić information content (AvgIpc) is 2.75. The molecule has 0 atom stereocenters. The second kappa shape index (κ2) is 4.22. The molecule has 0 aliphatic carbocycles. The summed E-state index contributed by atoms with van der Waals surface area (Å²) in [6.07, 6.45) is 0.368. The van der Waals surface area contributed by atoms with E-state index in [2.05, 4.69) is 10.2 Å².